The molecule has 1 fully saturated rings. The van der Waals surface area contributed by atoms with Crippen LogP contribution >= 0.6 is 0 Å². The molecule has 0 saturated carbocycles. The molecule has 0 bridgehead atoms. The first kappa shape index (κ1) is 19.3. The van der Waals surface area contributed by atoms with Gasteiger partial charge in [0.1, 0.15) is 6.10 Å². The van der Waals surface area contributed by atoms with E-state index in [4.69, 9.17) is 4.74 Å². The van der Waals surface area contributed by atoms with Gasteiger partial charge in [-0.15, -0.1) is 0 Å². The first-order valence-electron chi connectivity index (χ1n) is 9.96. The zero-order valence-corrected chi connectivity index (χ0v) is 16.5. The highest BCUT2D eigenvalue weighted by Crippen LogP contribution is 2.25. The zero-order valence-electron chi connectivity index (χ0n) is 16.5. The summed E-state index contributed by atoms with van der Waals surface area (Å²) in [6, 6.07) is 15.2. The van der Waals surface area contributed by atoms with Gasteiger partial charge in [-0.1, -0.05) is 42.0 Å². The predicted octanol–water partition coefficient (Wildman–Crippen LogP) is 2.97. The fourth-order valence-corrected chi connectivity index (χ4v) is 3.90. The van der Waals surface area contributed by atoms with E-state index in [1.165, 1.54) is 4.90 Å². The molecule has 150 valence electrons. The summed E-state index contributed by atoms with van der Waals surface area (Å²) in [5.41, 5.74) is 2.92. The number of nitrogens with zero attached hydrogens (tertiary/aromatic N) is 2. The molecule has 0 aliphatic carbocycles. The maximum atomic E-state index is 12.7. The summed E-state index contributed by atoms with van der Waals surface area (Å²) in [6.45, 7) is 3.74. The number of ether oxygens (including phenoxy) is 1. The van der Waals surface area contributed by atoms with Gasteiger partial charge < -0.3 is 9.64 Å². The van der Waals surface area contributed by atoms with E-state index in [1.54, 1.807) is 12.1 Å². The summed E-state index contributed by atoms with van der Waals surface area (Å²) in [5.74, 6) is -0.508. The van der Waals surface area contributed by atoms with Crippen LogP contribution in [0.2, 0.25) is 0 Å². The number of amides is 3. The summed E-state index contributed by atoms with van der Waals surface area (Å²) < 4.78 is 5.81. The molecule has 2 aliphatic rings. The highest BCUT2D eigenvalue weighted by Gasteiger charge is 2.35. The Kier molecular flexibility index (Phi) is 5.45. The topological polar surface area (TPSA) is 66.9 Å². The summed E-state index contributed by atoms with van der Waals surface area (Å²) in [4.78, 5) is 40.7. The number of hydrogen-bond acceptors (Lipinski definition) is 4. The molecule has 1 saturated heterocycles. The van der Waals surface area contributed by atoms with Crippen LogP contribution in [0.3, 0.4) is 0 Å². The van der Waals surface area contributed by atoms with Crippen molar-refractivity contribution in [2.24, 2.45) is 0 Å². The van der Waals surface area contributed by atoms with Gasteiger partial charge >= 0.3 is 0 Å². The number of carbonyl (C=O) groups excluding carboxylic acids is 3. The Labute approximate surface area is 170 Å². The van der Waals surface area contributed by atoms with Crippen molar-refractivity contribution in [3.63, 3.8) is 0 Å². The van der Waals surface area contributed by atoms with Crippen molar-refractivity contribution in [1.82, 2.24) is 9.80 Å². The SMILES string of the molecule is Cc1ccc2c(c1)C(=O)N(CCCC(=O)N1CCOC(c3ccccc3)C1)C2=O. The second-order valence-corrected chi connectivity index (χ2v) is 7.52. The first-order chi connectivity index (χ1) is 14.0. The van der Waals surface area contributed by atoms with Gasteiger partial charge in [-0.3, -0.25) is 19.3 Å². The number of benzene rings is 2. The first-order valence-corrected chi connectivity index (χ1v) is 9.96. The second-order valence-electron chi connectivity index (χ2n) is 7.52. The number of morpholine rings is 1. The van der Waals surface area contributed by atoms with Crippen molar-refractivity contribution in [1.29, 1.82) is 0 Å². The fourth-order valence-electron chi connectivity index (χ4n) is 3.90. The van der Waals surface area contributed by atoms with Gasteiger partial charge in [-0.2, -0.15) is 0 Å². The van der Waals surface area contributed by atoms with E-state index >= 15 is 0 Å². The lowest BCUT2D eigenvalue weighted by atomic mass is 10.1. The van der Waals surface area contributed by atoms with Gasteiger partial charge in [-0.25, -0.2) is 0 Å². The molecule has 0 spiro atoms. The van der Waals surface area contributed by atoms with Crippen molar-refractivity contribution < 1.29 is 19.1 Å². The van der Waals surface area contributed by atoms with Gasteiger partial charge in [-0.05, 0) is 31.0 Å². The molecule has 6 heteroatoms. The molecule has 29 heavy (non-hydrogen) atoms. The van der Waals surface area contributed by atoms with Crippen LogP contribution in [0.15, 0.2) is 48.5 Å². The molecule has 4 rings (SSSR count). The maximum absolute atomic E-state index is 12.7. The molecule has 0 N–H and O–H groups in total. The molecule has 2 aromatic carbocycles. The average Bonchev–Trinajstić information content (AvgIpc) is 2.98. The Morgan fingerprint density at radius 3 is 2.62 bits per heavy atom. The molecule has 3 amide bonds. The highest BCUT2D eigenvalue weighted by atomic mass is 16.5. The van der Waals surface area contributed by atoms with Crippen LogP contribution in [0.5, 0.6) is 0 Å². The van der Waals surface area contributed by atoms with Crippen molar-refractivity contribution in [2.45, 2.75) is 25.9 Å². The number of carbonyl (C=O) groups is 3. The lowest BCUT2D eigenvalue weighted by Gasteiger charge is -2.33. The Hall–Kier alpha value is -2.99. The van der Waals surface area contributed by atoms with Crippen LogP contribution in [0.25, 0.3) is 0 Å². The van der Waals surface area contributed by atoms with Gasteiger partial charge in [0.25, 0.3) is 11.8 Å². The molecule has 2 heterocycles. The summed E-state index contributed by atoms with van der Waals surface area (Å²) in [5, 5.41) is 0. The summed E-state index contributed by atoms with van der Waals surface area (Å²) >= 11 is 0. The number of rotatable bonds is 5. The minimum atomic E-state index is -0.270. The van der Waals surface area contributed by atoms with Crippen LogP contribution in [0.1, 0.15) is 50.8 Å². The van der Waals surface area contributed by atoms with E-state index in [9.17, 15) is 14.4 Å². The summed E-state index contributed by atoms with van der Waals surface area (Å²) in [7, 11) is 0. The molecule has 0 radical (unpaired) electrons. The van der Waals surface area contributed by atoms with Crippen molar-refractivity contribution in [3.05, 3.63) is 70.8 Å². The quantitative estimate of drug-likeness (QED) is 0.734. The zero-order chi connectivity index (χ0) is 20.4. The van der Waals surface area contributed by atoms with Crippen LogP contribution in [0.4, 0.5) is 0 Å². The van der Waals surface area contributed by atoms with E-state index in [0.29, 0.717) is 43.7 Å². The monoisotopic (exact) mass is 392 g/mol. The van der Waals surface area contributed by atoms with E-state index in [0.717, 1.165) is 11.1 Å². The lowest BCUT2D eigenvalue weighted by Crippen LogP contribution is -2.42. The molecular formula is C23H24N2O4. The molecule has 0 aromatic heterocycles. The third-order valence-corrected chi connectivity index (χ3v) is 5.49. The number of fused-ring (bicyclic) bond motifs is 1. The minimum absolute atomic E-state index is 0.0293. The van der Waals surface area contributed by atoms with Gasteiger partial charge in [0, 0.05) is 19.5 Å². The Balaban J connectivity index is 1.31. The van der Waals surface area contributed by atoms with Crippen LogP contribution in [-0.4, -0.2) is 53.8 Å². The number of hydrogen-bond donors (Lipinski definition) is 0. The Bertz CT molecular complexity index is 941. The van der Waals surface area contributed by atoms with E-state index in [1.807, 2.05) is 48.2 Å². The summed E-state index contributed by atoms with van der Waals surface area (Å²) in [6.07, 6.45) is 0.637. The smallest absolute Gasteiger partial charge is 0.261 e. The van der Waals surface area contributed by atoms with Crippen LogP contribution in [-0.2, 0) is 9.53 Å². The van der Waals surface area contributed by atoms with Gasteiger partial charge in [0.05, 0.1) is 24.3 Å². The van der Waals surface area contributed by atoms with Crippen LogP contribution < -0.4 is 0 Å². The second kappa shape index (κ2) is 8.17. The molecule has 2 aromatic rings. The minimum Gasteiger partial charge on any atom is -0.370 e. The molecule has 6 nitrogen and oxygen atoms in total. The highest BCUT2D eigenvalue weighted by molar-refractivity contribution is 6.21. The molecular weight excluding hydrogens is 368 g/mol. The van der Waals surface area contributed by atoms with E-state index in [2.05, 4.69) is 0 Å². The molecule has 2 aliphatic heterocycles. The Morgan fingerprint density at radius 2 is 1.83 bits per heavy atom. The van der Waals surface area contributed by atoms with Crippen LogP contribution in [0, 0.1) is 6.92 Å². The van der Waals surface area contributed by atoms with Crippen molar-refractivity contribution >= 4 is 17.7 Å². The fraction of sp³-hybridized carbons (Fsp3) is 0.348. The van der Waals surface area contributed by atoms with Gasteiger partial charge in [0.2, 0.25) is 5.91 Å². The number of imide groups is 1. The number of aryl methyl sites for hydroxylation is 1. The Morgan fingerprint density at radius 1 is 1.07 bits per heavy atom. The normalized spacial score (nSPS) is 18.9. The standard InChI is InChI=1S/C23H24N2O4/c1-16-9-10-18-19(14-16)23(28)25(22(18)27)11-5-8-21(26)24-12-13-29-20(15-24)17-6-3-2-4-7-17/h2-4,6-7,9-10,14,20H,5,8,11-13,15H2,1H3. The molecule has 1 unspecified atom stereocenters. The molecule has 1 atom stereocenters. The lowest BCUT2D eigenvalue weighted by molar-refractivity contribution is -0.139. The van der Waals surface area contributed by atoms with E-state index < -0.39 is 0 Å². The van der Waals surface area contributed by atoms with E-state index in [-0.39, 0.29) is 30.4 Å². The predicted molar refractivity (Wildman–Crippen MR) is 107 cm³/mol. The maximum Gasteiger partial charge on any atom is 0.261 e. The largest absolute Gasteiger partial charge is 0.370 e. The van der Waals surface area contributed by atoms with Crippen molar-refractivity contribution in [2.75, 3.05) is 26.2 Å². The van der Waals surface area contributed by atoms with Gasteiger partial charge in [0.15, 0.2) is 0 Å². The third kappa shape index (κ3) is 3.93. The van der Waals surface area contributed by atoms with Crippen molar-refractivity contribution in [3.8, 4) is 0 Å². The third-order valence-electron chi connectivity index (χ3n) is 5.49. The average molecular weight is 392 g/mol.